The van der Waals surface area contributed by atoms with Gasteiger partial charge in [0, 0.05) is 12.5 Å². The number of ether oxygens (including phenoxy) is 3. The number of hydrogen-bond acceptors (Lipinski definition) is 6. The Kier molecular flexibility index (Phi) is 7.27. The van der Waals surface area contributed by atoms with Crippen molar-refractivity contribution >= 4 is 12.2 Å². The van der Waals surface area contributed by atoms with Crippen molar-refractivity contribution < 1.29 is 28.9 Å². The first-order valence-electron chi connectivity index (χ1n) is 15.4. The van der Waals surface area contributed by atoms with E-state index in [1.54, 1.807) is 0 Å². The molecule has 5 saturated carbocycles. The molecule has 1 saturated heterocycles. The van der Waals surface area contributed by atoms with Gasteiger partial charge in [-0.15, -0.1) is 0 Å². The summed E-state index contributed by atoms with van der Waals surface area (Å²) in [5, 5.41) is 7.00. The van der Waals surface area contributed by atoms with Gasteiger partial charge in [0.25, 0.3) is 0 Å². The van der Waals surface area contributed by atoms with Crippen LogP contribution in [0.3, 0.4) is 0 Å². The molecule has 2 spiro atoms. The van der Waals surface area contributed by atoms with E-state index in [9.17, 15) is 9.59 Å². The Balaban J connectivity index is 0.00000151. The molecule has 222 valence electrons. The molecule has 2 amide bonds. The van der Waals surface area contributed by atoms with Gasteiger partial charge in [0.1, 0.15) is 12.2 Å². The monoisotopic (exact) mass is 548 g/mol. The molecule has 6 fully saturated rings. The van der Waals surface area contributed by atoms with Crippen molar-refractivity contribution in [3.05, 3.63) is 0 Å². The molecule has 11 atom stereocenters. The Morgan fingerprint density at radius 1 is 0.872 bits per heavy atom. The summed E-state index contributed by atoms with van der Waals surface area (Å²) in [4.78, 5) is 23.2. The fourth-order valence-electron chi connectivity index (χ4n) is 11.6. The Morgan fingerprint density at radius 3 is 2.21 bits per heavy atom. The fourth-order valence-corrected chi connectivity index (χ4v) is 11.6. The minimum atomic E-state index is -0.701. The number of rotatable bonds is 4. The first kappa shape index (κ1) is 29.0. The van der Waals surface area contributed by atoms with E-state index in [1.165, 1.54) is 38.5 Å². The Labute approximate surface area is 234 Å². The zero-order valence-electron chi connectivity index (χ0n) is 24.9. The Hall–Kier alpha value is -1.54. The predicted molar refractivity (Wildman–Crippen MR) is 147 cm³/mol. The van der Waals surface area contributed by atoms with E-state index in [1.807, 2.05) is 0 Å². The lowest BCUT2D eigenvalue weighted by Crippen LogP contribution is -2.55. The minimum absolute atomic E-state index is 0.0330. The lowest BCUT2D eigenvalue weighted by Gasteiger charge is -2.59. The predicted octanol–water partition coefficient (Wildman–Crippen LogP) is 5.39. The third kappa shape index (κ3) is 4.12. The SMILES string of the molecule is CC(C)[C@@H](OC(N)=O)C1CC[C@H]2C(CC3C4CCC5C(C)(C)[C@@H](OC(N)=O)CCC56C[C@@]46CCC32C)O1.CO. The van der Waals surface area contributed by atoms with Crippen LogP contribution < -0.4 is 11.5 Å². The van der Waals surface area contributed by atoms with Crippen LogP contribution in [0.2, 0.25) is 0 Å². The third-order valence-corrected chi connectivity index (χ3v) is 13.1. The van der Waals surface area contributed by atoms with Crippen LogP contribution in [0.4, 0.5) is 9.59 Å². The maximum Gasteiger partial charge on any atom is 0.404 e. The van der Waals surface area contributed by atoms with Gasteiger partial charge >= 0.3 is 12.2 Å². The van der Waals surface area contributed by atoms with Crippen molar-refractivity contribution in [1.29, 1.82) is 0 Å². The van der Waals surface area contributed by atoms with E-state index < -0.39 is 12.2 Å². The summed E-state index contributed by atoms with van der Waals surface area (Å²) in [6.45, 7) is 11.4. The van der Waals surface area contributed by atoms with Gasteiger partial charge < -0.3 is 30.8 Å². The van der Waals surface area contributed by atoms with Crippen molar-refractivity contribution in [2.45, 2.75) is 123 Å². The number of aliphatic hydroxyl groups excluding tert-OH is 1. The van der Waals surface area contributed by atoms with E-state index >= 15 is 0 Å². The standard InChI is InChI=1S/C30H48N2O5.CH4O/c1-16(2)24(37-26(32)34)20-8-6-18-21(35-20)14-19-17-7-9-22-27(3,4)23(36-25(31)33)10-11-30(22)15-29(17,30)13-12-28(18,19)5;1-2/h16-24H,6-15H2,1-5H3,(H2,31,33)(H2,32,34);2H,1H3/t17?,18-,19?,20?,21?,22?,23-,24+,28?,29-,30?;/m0./s1. The molecule has 1 heterocycles. The van der Waals surface area contributed by atoms with Gasteiger partial charge in [-0.25, -0.2) is 9.59 Å². The number of primary amides is 2. The molecule has 6 rings (SSSR count). The van der Waals surface area contributed by atoms with E-state index in [0.29, 0.717) is 34.0 Å². The normalized spacial score (nSPS) is 47.5. The van der Waals surface area contributed by atoms with E-state index in [2.05, 4.69) is 34.6 Å². The quantitative estimate of drug-likeness (QED) is 0.431. The molecule has 1 aliphatic heterocycles. The highest BCUT2D eigenvalue weighted by Gasteiger charge is 2.80. The van der Waals surface area contributed by atoms with Crippen LogP contribution in [0.25, 0.3) is 0 Å². The molecule has 0 aromatic rings. The van der Waals surface area contributed by atoms with Crippen LogP contribution in [-0.4, -0.2) is 48.8 Å². The second-order valence-corrected chi connectivity index (χ2v) is 14.9. The molecule has 0 aromatic carbocycles. The molecule has 39 heavy (non-hydrogen) atoms. The van der Waals surface area contributed by atoms with Crippen LogP contribution in [-0.2, 0) is 14.2 Å². The maximum absolute atomic E-state index is 11.6. The number of carbonyl (C=O) groups is 2. The fraction of sp³-hybridized carbons (Fsp3) is 0.935. The number of nitrogens with two attached hydrogens (primary N) is 2. The lowest BCUT2D eigenvalue weighted by atomic mass is 9.46. The highest BCUT2D eigenvalue weighted by molar-refractivity contribution is 5.65. The lowest BCUT2D eigenvalue weighted by molar-refractivity contribution is -0.148. The first-order valence-corrected chi connectivity index (χ1v) is 15.4. The van der Waals surface area contributed by atoms with Gasteiger partial charge in [-0.2, -0.15) is 0 Å². The Morgan fingerprint density at radius 2 is 1.56 bits per heavy atom. The van der Waals surface area contributed by atoms with Crippen molar-refractivity contribution in [1.82, 2.24) is 0 Å². The molecule has 0 bridgehead atoms. The number of amides is 2. The zero-order chi connectivity index (χ0) is 28.5. The van der Waals surface area contributed by atoms with Gasteiger partial charge in [0.05, 0.1) is 12.2 Å². The smallest absolute Gasteiger partial charge is 0.404 e. The highest BCUT2D eigenvalue weighted by atomic mass is 16.6. The minimum Gasteiger partial charge on any atom is -0.446 e. The van der Waals surface area contributed by atoms with Crippen molar-refractivity contribution in [3.8, 4) is 0 Å². The average Bonchev–Trinajstić information content (AvgIpc) is 3.45. The first-order chi connectivity index (χ1) is 18.4. The van der Waals surface area contributed by atoms with Crippen LogP contribution in [0.1, 0.15) is 98.8 Å². The molecule has 6 aliphatic rings. The second-order valence-electron chi connectivity index (χ2n) is 14.9. The van der Waals surface area contributed by atoms with Crippen molar-refractivity contribution in [2.75, 3.05) is 7.11 Å². The van der Waals surface area contributed by atoms with Gasteiger partial charge in [-0.1, -0.05) is 34.6 Å². The van der Waals surface area contributed by atoms with Crippen LogP contribution in [0, 0.1) is 51.2 Å². The number of carbonyl (C=O) groups excluding carboxylic acids is 2. The van der Waals surface area contributed by atoms with E-state index in [4.69, 9.17) is 30.8 Å². The summed E-state index contributed by atoms with van der Waals surface area (Å²) in [7, 11) is 1.00. The number of fused-ring (bicyclic) bond motifs is 4. The molecule has 5 N–H and O–H groups in total. The molecule has 7 unspecified atom stereocenters. The van der Waals surface area contributed by atoms with Crippen molar-refractivity contribution in [2.24, 2.45) is 62.7 Å². The maximum atomic E-state index is 11.6. The largest absolute Gasteiger partial charge is 0.446 e. The summed E-state index contributed by atoms with van der Waals surface area (Å²) < 4.78 is 18.0. The van der Waals surface area contributed by atoms with Crippen molar-refractivity contribution in [3.63, 3.8) is 0 Å². The molecular formula is C31H52N2O6. The topological polar surface area (TPSA) is 134 Å². The second kappa shape index (κ2) is 9.78. The number of hydrogen-bond donors (Lipinski definition) is 3. The van der Waals surface area contributed by atoms with Gasteiger partial charge in [0.15, 0.2) is 0 Å². The zero-order valence-corrected chi connectivity index (χ0v) is 24.9. The summed E-state index contributed by atoms with van der Waals surface area (Å²) in [6, 6.07) is 0. The highest BCUT2D eigenvalue weighted by Crippen LogP contribution is 2.87. The molecule has 5 aliphatic carbocycles. The molecular weight excluding hydrogens is 496 g/mol. The number of aliphatic hydroxyl groups is 1. The van der Waals surface area contributed by atoms with E-state index in [-0.39, 0.29) is 35.7 Å². The Bertz CT molecular complexity index is 971. The van der Waals surface area contributed by atoms with Crippen LogP contribution >= 0.6 is 0 Å². The van der Waals surface area contributed by atoms with Crippen LogP contribution in [0.5, 0.6) is 0 Å². The molecule has 8 heteroatoms. The van der Waals surface area contributed by atoms with Crippen LogP contribution in [0.15, 0.2) is 0 Å². The summed E-state index contributed by atoms with van der Waals surface area (Å²) >= 11 is 0. The van der Waals surface area contributed by atoms with Gasteiger partial charge in [-0.3, -0.25) is 0 Å². The third-order valence-electron chi connectivity index (χ3n) is 13.1. The van der Waals surface area contributed by atoms with E-state index in [0.717, 1.165) is 38.7 Å². The van der Waals surface area contributed by atoms with Gasteiger partial charge in [-0.05, 0) is 110 Å². The molecule has 8 nitrogen and oxygen atoms in total. The summed E-state index contributed by atoms with van der Waals surface area (Å²) in [5.74, 6) is 2.84. The molecule has 0 radical (unpaired) electrons. The van der Waals surface area contributed by atoms with Gasteiger partial charge in [0.2, 0.25) is 0 Å². The summed E-state index contributed by atoms with van der Waals surface area (Å²) in [5.41, 5.74) is 12.0. The molecule has 0 aromatic heterocycles. The average molecular weight is 549 g/mol. The summed E-state index contributed by atoms with van der Waals surface area (Å²) in [6.07, 6.45) is 10.4.